The van der Waals surface area contributed by atoms with Crippen molar-refractivity contribution < 1.29 is 9.90 Å². The highest BCUT2D eigenvalue weighted by Gasteiger charge is 2.15. The van der Waals surface area contributed by atoms with Crippen LogP contribution in [-0.2, 0) is 11.3 Å². The van der Waals surface area contributed by atoms with Crippen molar-refractivity contribution in [1.29, 1.82) is 0 Å². The lowest BCUT2D eigenvalue weighted by Gasteiger charge is -2.04. The van der Waals surface area contributed by atoms with Crippen molar-refractivity contribution in [2.45, 2.75) is 18.6 Å². The number of halogens is 1. The Kier molecular flexibility index (Phi) is 4.26. The summed E-state index contributed by atoms with van der Waals surface area (Å²) in [5.74, 6) is -0.169. The lowest BCUT2D eigenvalue weighted by atomic mass is 10.4. The second kappa shape index (κ2) is 5.73. The number of carboxylic acids is 1. The van der Waals surface area contributed by atoms with Crippen LogP contribution in [-0.4, -0.2) is 31.6 Å². The highest BCUT2D eigenvalue weighted by Crippen LogP contribution is 2.31. The summed E-state index contributed by atoms with van der Waals surface area (Å²) in [5, 5.41) is 17.4. The Morgan fingerprint density at radius 2 is 2.33 bits per heavy atom. The van der Waals surface area contributed by atoms with Crippen molar-refractivity contribution in [2.75, 3.05) is 5.75 Å². The summed E-state index contributed by atoms with van der Waals surface area (Å²) in [6.45, 7) is 2.65. The van der Waals surface area contributed by atoms with E-state index >= 15 is 0 Å². The average molecular weight is 304 g/mol. The Balaban J connectivity index is 2.29. The first-order chi connectivity index (χ1) is 8.61. The SMILES string of the molecule is CCn1c(SCC(=O)O)nnc1-c1ccc(Cl)s1. The first-order valence-electron chi connectivity index (χ1n) is 5.15. The molecule has 1 N–H and O–H groups in total. The van der Waals surface area contributed by atoms with Gasteiger partial charge in [0.1, 0.15) is 0 Å². The zero-order chi connectivity index (χ0) is 13.1. The van der Waals surface area contributed by atoms with Gasteiger partial charge in [0.05, 0.1) is 15.0 Å². The minimum Gasteiger partial charge on any atom is -0.481 e. The summed E-state index contributed by atoms with van der Waals surface area (Å²) in [7, 11) is 0. The maximum atomic E-state index is 10.6. The summed E-state index contributed by atoms with van der Waals surface area (Å²) in [6.07, 6.45) is 0. The zero-order valence-electron chi connectivity index (χ0n) is 9.46. The molecule has 8 heteroatoms. The molecular formula is C10H10ClN3O2S2. The Hall–Kier alpha value is -1.05. The van der Waals surface area contributed by atoms with Gasteiger partial charge in [0.2, 0.25) is 0 Å². The van der Waals surface area contributed by atoms with Crippen molar-refractivity contribution in [3.8, 4) is 10.7 Å². The fraction of sp³-hybridized carbons (Fsp3) is 0.300. The molecule has 18 heavy (non-hydrogen) atoms. The molecule has 96 valence electrons. The third-order valence-corrected chi connectivity index (χ3v) is 4.33. The van der Waals surface area contributed by atoms with Crippen LogP contribution in [0.15, 0.2) is 17.3 Å². The third-order valence-electron chi connectivity index (χ3n) is 2.15. The summed E-state index contributed by atoms with van der Waals surface area (Å²) in [5.41, 5.74) is 0. The number of thiophene rings is 1. The van der Waals surface area contributed by atoms with E-state index in [-0.39, 0.29) is 5.75 Å². The highest BCUT2D eigenvalue weighted by atomic mass is 35.5. The third kappa shape index (κ3) is 2.85. The number of hydrogen-bond donors (Lipinski definition) is 1. The molecule has 2 aromatic rings. The van der Waals surface area contributed by atoms with Gasteiger partial charge in [0.25, 0.3) is 0 Å². The van der Waals surface area contributed by atoms with Crippen LogP contribution in [0.1, 0.15) is 6.92 Å². The standard InChI is InChI=1S/C10H10ClN3O2S2/c1-2-14-9(6-3-4-7(11)18-6)12-13-10(14)17-5-8(15)16/h3-4H,2,5H2,1H3,(H,15,16). The van der Waals surface area contributed by atoms with E-state index in [0.717, 1.165) is 22.5 Å². The van der Waals surface area contributed by atoms with Crippen molar-refractivity contribution in [1.82, 2.24) is 14.8 Å². The number of carboxylic acid groups (broad SMARTS) is 1. The van der Waals surface area contributed by atoms with Crippen LogP contribution in [0.2, 0.25) is 4.34 Å². The molecule has 0 atom stereocenters. The van der Waals surface area contributed by atoms with Crippen molar-refractivity contribution in [3.63, 3.8) is 0 Å². The first kappa shape index (κ1) is 13.4. The van der Waals surface area contributed by atoms with Gasteiger partial charge >= 0.3 is 5.97 Å². The lowest BCUT2D eigenvalue weighted by molar-refractivity contribution is -0.133. The monoisotopic (exact) mass is 303 g/mol. The second-order valence-electron chi connectivity index (χ2n) is 3.34. The molecule has 0 bridgehead atoms. The maximum Gasteiger partial charge on any atom is 0.313 e. The van der Waals surface area contributed by atoms with Gasteiger partial charge in [-0.15, -0.1) is 21.5 Å². The van der Waals surface area contributed by atoms with E-state index in [1.165, 1.54) is 11.3 Å². The molecule has 2 rings (SSSR count). The molecule has 2 aromatic heterocycles. The number of rotatable bonds is 5. The first-order valence-corrected chi connectivity index (χ1v) is 7.33. The molecule has 0 aromatic carbocycles. The second-order valence-corrected chi connectivity index (χ2v) is 5.99. The van der Waals surface area contributed by atoms with E-state index in [4.69, 9.17) is 16.7 Å². The Labute approximate surface area is 117 Å². The van der Waals surface area contributed by atoms with Gasteiger partial charge in [-0.1, -0.05) is 23.4 Å². The Morgan fingerprint density at radius 3 is 2.89 bits per heavy atom. The van der Waals surface area contributed by atoms with Gasteiger partial charge in [0.15, 0.2) is 11.0 Å². The summed E-state index contributed by atoms with van der Waals surface area (Å²) in [6, 6.07) is 3.69. The van der Waals surface area contributed by atoms with Crippen molar-refractivity contribution in [3.05, 3.63) is 16.5 Å². The molecule has 0 fully saturated rings. The molecule has 0 saturated heterocycles. The normalized spacial score (nSPS) is 10.8. The minimum absolute atomic E-state index is 0.0245. The van der Waals surface area contributed by atoms with Gasteiger partial charge in [-0.05, 0) is 19.1 Å². The molecular weight excluding hydrogens is 294 g/mol. The van der Waals surface area contributed by atoms with Crippen molar-refractivity contribution >= 4 is 40.7 Å². The summed E-state index contributed by atoms with van der Waals surface area (Å²) >= 11 is 8.48. The lowest BCUT2D eigenvalue weighted by Crippen LogP contribution is -2.02. The van der Waals surface area contributed by atoms with Gasteiger partial charge in [-0.2, -0.15) is 0 Å². The number of aromatic nitrogens is 3. The molecule has 0 amide bonds. The van der Waals surface area contributed by atoms with Crippen molar-refractivity contribution in [2.24, 2.45) is 0 Å². The smallest absolute Gasteiger partial charge is 0.313 e. The fourth-order valence-electron chi connectivity index (χ4n) is 1.42. The average Bonchev–Trinajstić information content (AvgIpc) is 2.91. The minimum atomic E-state index is -0.869. The maximum absolute atomic E-state index is 10.6. The van der Waals surface area contributed by atoms with Gasteiger partial charge in [-0.25, -0.2) is 0 Å². The predicted molar refractivity (Wildman–Crippen MR) is 72.4 cm³/mol. The largest absolute Gasteiger partial charge is 0.481 e. The van der Waals surface area contributed by atoms with E-state index in [1.54, 1.807) is 6.07 Å². The highest BCUT2D eigenvalue weighted by molar-refractivity contribution is 7.99. The van der Waals surface area contributed by atoms with Crippen LogP contribution in [0, 0.1) is 0 Å². The van der Waals surface area contributed by atoms with Gasteiger partial charge in [0, 0.05) is 6.54 Å². The van der Waals surface area contributed by atoms with E-state index < -0.39 is 5.97 Å². The van der Waals surface area contributed by atoms with Crippen LogP contribution >= 0.6 is 34.7 Å². The number of thioether (sulfide) groups is 1. The predicted octanol–water partition coefficient (Wildman–Crippen LogP) is 2.86. The van der Waals surface area contributed by atoms with E-state index in [0.29, 0.717) is 16.0 Å². The Bertz CT molecular complexity index is 567. The molecule has 0 spiro atoms. The summed E-state index contributed by atoms with van der Waals surface area (Å²) in [4.78, 5) is 11.5. The topological polar surface area (TPSA) is 68.0 Å². The van der Waals surface area contributed by atoms with Gasteiger partial charge in [-0.3, -0.25) is 4.79 Å². The van der Waals surface area contributed by atoms with Crippen LogP contribution in [0.25, 0.3) is 10.7 Å². The van der Waals surface area contributed by atoms with Crippen LogP contribution < -0.4 is 0 Å². The number of carbonyl (C=O) groups is 1. The van der Waals surface area contributed by atoms with E-state index in [9.17, 15) is 4.79 Å². The zero-order valence-corrected chi connectivity index (χ0v) is 11.8. The number of aliphatic carboxylic acids is 1. The molecule has 5 nitrogen and oxygen atoms in total. The molecule has 0 aliphatic carbocycles. The molecule has 2 heterocycles. The number of nitrogens with zero attached hydrogens (tertiary/aromatic N) is 3. The van der Waals surface area contributed by atoms with E-state index in [2.05, 4.69) is 10.2 Å². The quantitative estimate of drug-likeness (QED) is 0.860. The Morgan fingerprint density at radius 1 is 1.56 bits per heavy atom. The molecule has 0 radical (unpaired) electrons. The molecule has 0 saturated carbocycles. The van der Waals surface area contributed by atoms with Crippen LogP contribution in [0.4, 0.5) is 0 Å². The number of hydrogen-bond acceptors (Lipinski definition) is 5. The molecule has 0 aliphatic rings. The molecule has 0 unspecified atom stereocenters. The fourth-order valence-corrected chi connectivity index (χ4v) is 3.18. The van der Waals surface area contributed by atoms with Crippen LogP contribution in [0.3, 0.4) is 0 Å². The molecule has 0 aliphatic heterocycles. The summed E-state index contributed by atoms with van der Waals surface area (Å²) < 4.78 is 2.57. The van der Waals surface area contributed by atoms with Gasteiger partial charge < -0.3 is 9.67 Å². The van der Waals surface area contributed by atoms with E-state index in [1.807, 2.05) is 17.6 Å². The van der Waals surface area contributed by atoms with Crippen LogP contribution in [0.5, 0.6) is 0 Å².